The van der Waals surface area contributed by atoms with Crippen molar-refractivity contribution in [2.24, 2.45) is 0 Å². The number of hydrogen-bond acceptors (Lipinski definition) is 3. The summed E-state index contributed by atoms with van der Waals surface area (Å²) in [5.74, 6) is -0.247. The number of nitrogens with zero attached hydrogens (tertiary/aromatic N) is 1. The molecule has 1 aliphatic rings. The third kappa shape index (κ3) is 2.66. The fourth-order valence-corrected chi connectivity index (χ4v) is 3.21. The number of rotatable bonds is 4. The van der Waals surface area contributed by atoms with Gasteiger partial charge in [-0.2, -0.15) is 0 Å². The van der Waals surface area contributed by atoms with E-state index < -0.39 is 10.8 Å². The highest BCUT2D eigenvalue weighted by Gasteiger charge is 2.28. The summed E-state index contributed by atoms with van der Waals surface area (Å²) in [5.41, 5.74) is 1.16. The topological polar surface area (TPSA) is 54.5 Å². The smallest absolute Gasteiger partial charge is 0.240 e. The fraction of sp³-hybridized carbons (Fsp3) is 0.286. The number of benzene rings is 1. The summed E-state index contributed by atoms with van der Waals surface area (Å²) >= 11 is 0. The van der Waals surface area contributed by atoms with Crippen molar-refractivity contribution in [1.82, 2.24) is 0 Å². The Balaban J connectivity index is 2.46. The van der Waals surface area contributed by atoms with Crippen molar-refractivity contribution in [3.63, 3.8) is 0 Å². The van der Waals surface area contributed by atoms with Crippen molar-refractivity contribution in [2.45, 2.75) is 18.2 Å². The summed E-state index contributed by atoms with van der Waals surface area (Å²) in [4.78, 5) is 25.5. The number of anilines is 1. The van der Waals surface area contributed by atoms with Crippen molar-refractivity contribution in [1.29, 1.82) is 0 Å². The van der Waals surface area contributed by atoms with E-state index in [-0.39, 0.29) is 17.4 Å². The molecule has 1 amide bonds. The van der Waals surface area contributed by atoms with Gasteiger partial charge in [-0.05, 0) is 31.5 Å². The van der Waals surface area contributed by atoms with Crippen LogP contribution in [0.1, 0.15) is 23.7 Å². The first-order valence-electron chi connectivity index (χ1n) is 5.99. The summed E-state index contributed by atoms with van der Waals surface area (Å²) in [6.45, 7) is 5.62. The number of fused-ring (bicyclic) bond motifs is 1. The van der Waals surface area contributed by atoms with Gasteiger partial charge >= 0.3 is 0 Å². The number of carbonyl (C=O) groups excluding carboxylic acids is 2. The monoisotopic (exact) mass is 277 g/mol. The minimum Gasteiger partial charge on any atom is -0.310 e. The Bertz CT molecular complexity index is 580. The van der Waals surface area contributed by atoms with E-state index in [1.165, 1.54) is 6.92 Å². The van der Waals surface area contributed by atoms with E-state index in [1.54, 1.807) is 29.2 Å². The van der Waals surface area contributed by atoms with E-state index in [9.17, 15) is 13.8 Å². The average Bonchev–Trinajstić information content (AvgIpc) is 2.38. The molecule has 1 aliphatic heterocycles. The van der Waals surface area contributed by atoms with Gasteiger partial charge in [0.1, 0.15) is 5.75 Å². The zero-order valence-corrected chi connectivity index (χ0v) is 11.5. The molecule has 0 N–H and O–H groups in total. The van der Waals surface area contributed by atoms with Gasteiger partial charge in [0.15, 0.2) is 5.78 Å². The van der Waals surface area contributed by atoms with Crippen LogP contribution < -0.4 is 4.90 Å². The molecule has 0 saturated carbocycles. The molecule has 1 atom stereocenters. The Labute approximate surface area is 114 Å². The number of ketones is 1. The van der Waals surface area contributed by atoms with Gasteiger partial charge in [-0.25, -0.2) is 0 Å². The second-order valence-corrected chi connectivity index (χ2v) is 5.77. The molecule has 100 valence electrons. The van der Waals surface area contributed by atoms with Crippen LogP contribution in [0.5, 0.6) is 0 Å². The second kappa shape index (κ2) is 5.48. The predicted octanol–water partition coefficient (Wildman–Crippen LogP) is 1.92. The van der Waals surface area contributed by atoms with Gasteiger partial charge in [-0.15, -0.1) is 6.58 Å². The van der Waals surface area contributed by atoms with E-state index in [0.29, 0.717) is 29.1 Å². The zero-order chi connectivity index (χ0) is 14.0. The van der Waals surface area contributed by atoms with Crippen molar-refractivity contribution in [2.75, 3.05) is 17.2 Å². The molecule has 1 heterocycles. The van der Waals surface area contributed by atoms with E-state index in [4.69, 9.17) is 0 Å². The molecule has 1 aromatic rings. The van der Waals surface area contributed by atoms with E-state index in [1.807, 2.05) is 0 Å². The number of Topliss-reactive ketones (excluding diaryl/α,β-unsaturated/α-hetero) is 1. The van der Waals surface area contributed by atoms with Crippen LogP contribution in [0.25, 0.3) is 0 Å². The van der Waals surface area contributed by atoms with Crippen LogP contribution in [-0.4, -0.2) is 28.2 Å². The lowest BCUT2D eigenvalue weighted by Crippen LogP contribution is -2.39. The predicted molar refractivity (Wildman–Crippen MR) is 74.9 cm³/mol. The molecule has 2 rings (SSSR count). The fourth-order valence-electron chi connectivity index (χ4n) is 2.01. The Hall–Kier alpha value is -1.75. The SMILES string of the molecule is C=CCCN1C(=O)CS(=O)c2cc(C(C)=O)ccc21. The highest BCUT2D eigenvalue weighted by atomic mass is 32.2. The minimum atomic E-state index is -1.37. The summed E-state index contributed by atoms with van der Waals surface area (Å²) in [6, 6.07) is 4.99. The van der Waals surface area contributed by atoms with Crippen LogP contribution >= 0.6 is 0 Å². The Morgan fingerprint density at radius 1 is 1.53 bits per heavy atom. The van der Waals surface area contributed by atoms with E-state index in [2.05, 4.69) is 6.58 Å². The number of amides is 1. The van der Waals surface area contributed by atoms with Crippen molar-refractivity contribution in [3.05, 3.63) is 36.4 Å². The minimum absolute atomic E-state index is 0.0223. The molecular formula is C14H15NO3S. The molecule has 0 radical (unpaired) electrons. The largest absolute Gasteiger partial charge is 0.310 e. The first-order chi connectivity index (χ1) is 9.04. The Morgan fingerprint density at radius 2 is 2.26 bits per heavy atom. The van der Waals surface area contributed by atoms with Gasteiger partial charge in [0.05, 0.1) is 21.4 Å². The van der Waals surface area contributed by atoms with Crippen LogP contribution in [0.4, 0.5) is 5.69 Å². The van der Waals surface area contributed by atoms with E-state index in [0.717, 1.165) is 0 Å². The zero-order valence-electron chi connectivity index (χ0n) is 10.7. The van der Waals surface area contributed by atoms with Crippen LogP contribution in [0, 0.1) is 0 Å². The molecule has 0 fully saturated rings. The third-order valence-corrected chi connectivity index (χ3v) is 4.34. The summed E-state index contributed by atoms with van der Waals surface area (Å²) < 4.78 is 12.0. The van der Waals surface area contributed by atoms with Gasteiger partial charge in [0, 0.05) is 12.1 Å². The molecule has 5 heteroatoms. The van der Waals surface area contributed by atoms with Gasteiger partial charge in [-0.3, -0.25) is 13.8 Å². The molecule has 0 aliphatic carbocycles. The highest BCUT2D eigenvalue weighted by Crippen LogP contribution is 2.30. The molecule has 1 aromatic carbocycles. The quantitative estimate of drug-likeness (QED) is 0.624. The maximum atomic E-state index is 12.0. The highest BCUT2D eigenvalue weighted by molar-refractivity contribution is 7.86. The lowest BCUT2D eigenvalue weighted by molar-refractivity contribution is -0.116. The summed E-state index contributed by atoms with van der Waals surface area (Å²) in [7, 11) is -1.37. The molecule has 19 heavy (non-hydrogen) atoms. The van der Waals surface area contributed by atoms with Crippen LogP contribution in [0.3, 0.4) is 0 Å². The molecule has 0 aromatic heterocycles. The molecule has 1 unspecified atom stereocenters. The van der Waals surface area contributed by atoms with Crippen LogP contribution in [0.2, 0.25) is 0 Å². The second-order valence-electron chi connectivity index (χ2n) is 4.35. The van der Waals surface area contributed by atoms with Gasteiger partial charge in [-0.1, -0.05) is 6.08 Å². The van der Waals surface area contributed by atoms with Crippen molar-refractivity contribution >= 4 is 28.2 Å². The lowest BCUT2D eigenvalue weighted by Gasteiger charge is -2.28. The van der Waals surface area contributed by atoms with Gasteiger partial charge in [0.25, 0.3) is 0 Å². The maximum Gasteiger partial charge on any atom is 0.240 e. The van der Waals surface area contributed by atoms with Crippen LogP contribution in [0.15, 0.2) is 35.7 Å². The third-order valence-electron chi connectivity index (χ3n) is 3.01. The normalized spacial score (nSPS) is 18.1. The standard InChI is InChI=1S/C14H15NO3S/c1-3-4-7-15-12-6-5-11(10(2)16)8-13(12)19(18)9-14(15)17/h3,5-6,8H,1,4,7,9H2,2H3. The van der Waals surface area contributed by atoms with Gasteiger partial charge < -0.3 is 4.90 Å². The first kappa shape index (κ1) is 13.7. The molecule has 0 spiro atoms. The summed E-state index contributed by atoms with van der Waals surface area (Å²) in [6.07, 6.45) is 2.41. The average molecular weight is 277 g/mol. The molecule has 4 nitrogen and oxygen atoms in total. The van der Waals surface area contributed by atoms with E-state index >= 15 is 0 Å². The van der Waals surface area contributed by atoms with Crippen molar-refractivity contribution < 1.29 is 13.8 Å². The lowest BCUT2D eigenvalue weighted by atomic mass is 10.1. The first-order valence-corrected chi connectivity index (χ1v) is 7.31. The Kier molecular flexibility index (Phi) is 3.95. The molecule has 0 saturated heterocycles. The van der Waals surface area contributed by atoms with Crippen molar-refractivity contribution in [3.8, 4) is 0 Å². The molecular weight excluding hydrogens is 262 g/mol. The molecule has 0 bridgehead atoms. The number of hydrogen-bond donors (Lipinski definition) is 0. The Morgan fingerprint density at radius 3 is 2.89 bits per heavy atom. The number of carbonyl (C=O) groups is 2. The maximum absolute atomic E-state index is 12.0. The van der Waals surface area contributed by atoms with Gasteiger partial charge in [0.2, 0.25) is 5.91 Å². The van der Waals surface area contributed by atoms with Crippen LogP contribution in [-0.2, 0) is 15.6 Å². The summed E-state index contributed by atoms with van der Waals surface area (Å²) in [5, 5.41) is 0.